The molecule has 6 nitrogen and oxygen atoms in total. The summed E-state index contributed by atoms with van der Waals surface area (Å²) in [6.07, 6.45) is 1.82. The van der Waals surface area contributed by atoms with Crippen molar-refractivity contribution in [3.05, 3.63) is 58.8 Å². The van der Waals surface area contributed by atoms with Crippen molar-refractivity contribution in [3.8, 4) is 0 Å². The number of nitrogens with one attached hydrogen (secondary N) is 1. The quantitative estimate of drug-likeness (QED) is 0.851. The zero-order chi connectivity index (χ0) is 19.4. The fourth-order valence-corrected chi connectivity index (χ4v) is 3.59. The van der Waals surface area contributed by atoms with E-state index >= 15 is 0 Å². The van der Waals surface area contributed by atoms with Crippen molar-refractivity contribution >= 4 is 17.6 Å². The molecule has 1 atom stereocenters. The van der Waals surface area contributed by atoms with Crippen molar-refractivity contribution in [2.75, 3.05) is 18.4 Å². The standard InChI is InChI=1S/C21H26N4O2/c1-14-9-15(2)23-19(10-14)24-21(27)17-6-3-5-16(11-17)12-25-8-4-7-18(13-25)20(22)26/h3,5-6,9-11,18H,4,7-8,12-13H2,1-2H3,(H2,22,26)(H,23,24,27)/t18-/m0/s1. The van der Waals surface area contributed by atoms with Gasteiger partial charge in [0.2, 0.25) is 5.91 Å². The van der Waals surface area contributed by atoms with Gasteiger partial charge in [-0.3, -0.25) is 14.5 Å². The van der Waals surface area contributed by atoms with Crippen molar-refractivity contribution in [2.45, 2.75) is 33.2 Å². The van der Waals surface area contributed by atoms with Gasteiger partial charge >= 0.3 is 0 Å². The van der Waals surface area contributed by atoms with Crippen molar-refractivity contribution < 1.29 is 9.59 Å². The van der Waals surface area contributed by atoms with Crippen LogP contribution in [0, 0.1) is 19.8 Å². The van der Waals surface area contributed by atoms with Gasteiger partial charge in [-0.15, -0.1) is 0 Å². The second-order valence-electron chi connectivity index (χ2n) is 7.30. The lowest BCUT2D eigenvalue weighted by Gasteiger charge is -2.31. The van der Waals surface area contributed by atoms with Gasteiger partial charge in [0.05, 0.1) is 5.92 Å². The van der Waals surface area contributed by atoms with Gasteiger partial charge < -0.3 is 11.1 Å². The minimum Gasteiger partial charge on any atom is -0.369 e. The zero-order valence-electron chi connectivity index (χ0n) is 15.9. The summed E-state index contributed by atoms with van der Waals surface area (Å²) in [5.74, 6) is 0.0703. The van der Waals surface area contributed by atoms with Crippen LogP contribution >= 0.6 is 0 Å². The molecule has 0 spiro atoms. The number of nitrogens with two attached hydrogens (primary N) is 1. The molecule has 27 heavy (non-hydrogen) atoms. The van der Waals surface area contributed by atoms with Crippen LogP contribution in [0.1, 0.15) is 40.0 Å². The maximum atomic E-state index is 12.6. The number of hydrogen-bond acceptors (Lipinski definition) is 4. The summed E-state index contributed by atoms with van der Waals surface area (Å²) in [5.41, 5.74) is 9.02. The maximum absolute atomic E-state index is 12.6. The molecule has 0 saturated carbocycles. The Morgan fingerprint density at radius 2 is 2.07 bits per heavy atom. The van der Waals surface area contributed by atoms with Crippen molar-refractivity contribution in [3.63, 3.8) is 0 Å². The number of pyridine rings is 1. The predicted octanol–water partition coefficient (Wildman–Crippen LogP) is 2.65. The highest BCUT2D eigenvalue weighted by Crippen LogP contribution is 2.19. The minimum absolute atomic E-state index is 0.0825. The molecule has 142 valence electrons. The van der Waals surface area contributed by atoms with Crippen LogP contribution in [0.25, 0.3) is 0 Å². The van der Waals surface area contributed by atoms with E-state index in [1.165, 1.54) is 0 Å². The molecule has 2 heterocycles. The van der Waals surface area contributed by atoms with Crippen LogP contribution in [-0.4, -0.2) is 34.8 Å². The van der Waals surface area contributed by atoms with E-state index in [0.29, 0.717) is 24.5 Å². The Hall–Kier alpha value is -2.73. The lowest BCUT2D eigenvalue weighted by atomic mass is 9.97. The molecule has 1 aliphatic rings. The highest BCUT2D eigenvalue weighted by atomic mass is 16.2. The monoisotopic (exact) mass is 366 g/mol. The number of carbonyl (C=O) groups is 2. The van der Waals surface area contributed by atoms with Crippen molar-refractivity contribution in [2.24, 2.45) is 11.7 Å². The smallest absolute Gasteiger partial charge is 0.256 e. The number of benzene rings is 1. The maximum Gasteiger partial charge on any atom is 0.256 e. The molecular weight excluding hydrogens is 340 g/mol. The Balaban J connectivity index is 1.67. The fraction of sp³-hybridized carbons (Fsp3) is 0.381. The highest BCUT2D eigenvalue weighted by molar-refractivity contribution is 6.03. The summed E-state index contributed by atoms with van der Waals surface area (Å²) in [4.78, 5) is 30.6. The fourth-order valence-electron chi connectivity index (χ4n) is 3.59. The number of aryl methyl sites for hydroxylation is 2. The van der Waals surface area contributed by atoms with Crippen LogP contribution in [0.4, 0.5) is 5.82 Å². The minimum atomic E-state index is -0.228. The first-order valence-corrected chi connectivity index (χ1v) is 9.28. The Kier molecular flexibility index (Phi) is 5.86. The molecule has 0 unspecified atom stereocenters. The van der Waals surface area contributed by atoms with Gasteiger partial charge in [-0.2, -0.15) is 0 Å². The molecular formula is C21H26N4O2. The summed E-state index contributed by atoms with van der Waals surface area (Å²) in [6, 6.07) is 11.4. The second-order valence-corrected chi connectivity index (χ2v) is 7.30. The summed E-state index contributed by atoms with van der Waals surface area (Å²) >= 11 is 0. The predicted molar refractivity (Wildman–Crippen MR) is 105 cm³/mol. The Morgan fingerprint density at radius 3 is 2.81 bits per heavy atom. The van der Waals surface area contributed by atoms with Crippen LogP contribution in [0.2, 0.25) is 0 Å². The van der Waals surface area contributed by atoms with Crippen molar-refractivity contribution in [1.82, 2.24) is 9.88 Å². The van der Waals surface area contributed by atoms with Crippen LogP contribution in [0.15, 0.2) is 36.4 Å². The van der Waals surface area contributed by atoms with Gasteiger partial charge in [0.15, 0.2) is 0 Å². The number of primary amides is 1. The van der Waals surface area contributed by atoms with E-state index in [-0.39, 0.29) is 17.7 Å². The number of anilines is 1. The first-order valence-electron chi connectivity index (χ1n) is 9.28. The van der Waals surface area contributed by atoms with Crippen LogP contribution in [-0.2, 0) is 11.3 Å². The summed E-state index contributed by atoms with van der Waals surface area (Å²) in [5, 5.41) is 2.87. The molecule has 3 rings (SSSR count). The molecule has 1 aromatic carbocycles. The van der Waals surface area contributed by atoms with E-state index in [1.807, 2.05) is 44.2 Å². The van der Waals surface area contributed by atoms with Gasteiger partial charge in [-0.05, 0) is 68.6 Å². The molecule has 0 aliphatic carbocycles. The van der Waals surface area contributed by atoms with Crippen LogP contribution in [0.3, 0.4) is 0 Å². The third kappa shape index (κ3) is 5.14. The Morgan fingerprint density at radius 1 is 1.26 bits per heavy atom. The molecule has 1 aromatic heterocycles. The summed E-state index contributed by atoms with van der Waals surface area (Å²) in [7, 11) is 0. The van der Waals surface area contributed by atoms with Gasteiger partial charge in [-0.25, -0.2) is 4.98 Å². The number of piperidine rings is 1. The highest BCUT2D eigenvalue weighted by Gasteiger charge is 2.24. The molecule has 3 N–H and O–H groups in total. The van der Waals surface area contributed by atoms with Gasteiger partial charge in [0.1, 0.15) is 5.82 Å². The van der Waals surface area contributed by atoms with Gasteiger partial charge in [-0.1, -0.05) is 12.1 Å². The average molecular weight is 366 g/mol. The Labute approximate surface area is 159 Å². The van der Waals surface area contributed by atoms with Crippen molar-refractivity contribution in [1.29, 1.82) is 0 Å². The summed E-state index contributed by atoms with van der Waals surface area (Å²) in [6.45, 7) is 6.20. The number of hydrogen-bond donors (Lipinski definition) is 2. The van der Waals surface area contributed by atoms with E-state index in [4.69, 9.17) is 5.73 Å². The number of nitrogens with zero attached hydrogens (tertiary/aromatic N) is 2. The van der Waals surface area contributed by atoms with E-state index < -0.39 is 0 Å². The summed E-state index contributed by atoms with van der Waals surface area (Å²) < 4.78 is 0. The first kappa shape index (κ1) is 19.0. The molecule has 2 amide bonds. The number of likely N-dealkylation sites (tertiary alicyclic amines) is 1. The second kappa shape index (κ2) is 8.31. The van der Waals surface area contributed by atoms with Crippen LogP contribution in [0.5, 0.6) is 0 Å². The molecule has 6 heteroatoms. The van der Waals surface area contributed by atoms with E-state index in [1.54, 1.807) is 6.07 Å². The topological polar surface area (TPSA) is 88.3 Å². The van der Waals surface area contributed by atoms with E-state index in [0.717, 1.165) is 36.2 Å². The first-order chi connectivity index (χ1) is 12.9. The third-order valence-corrected chi connectivity index (χ3v) is 4.84. The molecule has 1 fully saturated rings. The molecule has 1 saturated heterocycles. The SMILES string of the molecule is Cc1cc(C)nc(NC(=O)c2cccc(CN3CCC[C@H](C(N)=O)C3)c2)c1. The largest absolute Gasteiger partial charge is 0.369 e. The lowest BCUT2D eigenvalue weighted by Crippen LogP contribution is -2.40. The molecule has 2 aromatic rings. The lowest BCUT2D eigenvalue weighted by molar-refractivity contribution is -0.123. The molecule has 0 bridgehead atoms. The van der Waals surface area contributed by atoms with Crippen LogP contribution < -0.4 is 11.1 Å². The zero-order valence-corrected chi connectivity index (χ0v) is 15.9. The number of carbonyl (C=O) groups excluding carboxylic acids is 2. The van der Waals surface area contributed by atoms with E-state index in [2.05, 4.69) is 15.2 Å². The normalized spacial score (nSPS) is 17.5. The number of aromatic nitrogens is 1. The number of rotatable bonds is 5. The third-order valence-electron chi connectivity index (χ3n) is 4.84. The Bertz CT molecular complexity index is 830. The number of amides is 2. The van der Waals surface area contributed by atoms with Gasteiger partial charge in [0.25, 0.3) is 5.91 Å². The average Bonchev–Trinajstić information content (AvgIpc) is 2.61. The molecule has 0 radical (unpaired) electrons. The van der Waals surface area contributed by atoms with Gasteiger partial charge in [0, 0.05) is 24.3 Å². The molecule has 1 aliphatic heterocycles. The van der Waals surface area contributed by atoms with E-state index in [9.17, 15) is 9.59 Å².